The molecule has 0 amide bonds. The molecule has 0 radical (unpaired) electrons. The molecular formula is C19H14FN3O. The van der Waals surface area contributed by atoms with Crippen LogP contribution in [-0.2, 0) is 0 Å². The largest absolute Gasteiger partial charge is 0.306 e. The number of unbranched alkanes of at least 4 members (excludes halogenated alkanes) is 1. The molecule has 2 rings (SSSR count). The number of carbonyl (C=O) groups is 1. The molecule has 0 fully saturated rings. The van der Waals surface area contributed by atoms with Crippen LogP contribution in [0.2, 0.25) is 0 Å². The third kappa shape index (κ3) is 3.35. The van der Waals surface area contributed by atoms with Gasteiger partial charge in [-0.2, -0.15) is 10.5 Å². The molecule has 4 nitrogen and oxygen atoms in total. The minimum absolute atomic E-state index is 0.0444. The van der Waals surface area contributed by atoms with Gasteiger partial charge >= 0.3 is 0 Å². The number of ketones is 1. The van der Waals surface area contributed by atoms with Crippen LogP contribution in [0.1, 0.15) is 47.1 Å². The molecule has 5 heteroatoms. The number of halogens is 1. The lowest BCUT2D eigenvalue weighted by molar-refractivity contribution is 0.101. The van der Waals surface area contributed by atoms with Crippen molar-refractivity contribution in [1.82, 2.24) is 4.57 Å². The maximum Gasteiger partial charge on any atom is 0.161 e. The van der Waals surface area contributed by atoms with Crippen molar-refractivity contribution in [2.24, 2.45) is 0 Å². The van der Waals surface area contributed by atoms with Crippen LogP contribution in [-0.4, -0.2) is 10.4 Å². The maximum absolute atomic E-state index is 13.9. The standard InChI is InChI=1S/C19H14FN3O/c1-13-18(14(2)24)10-16(6-4-3-5-9-21)23(13)17-8-7-15(12-22)19(20)11-17/h7-8,10-11H,3,5H2,1-2H3. The zero-order valence-corrected chi connectivity index (χ0v) is 13.4. The zero-order valence-electron chi connectivity index (χ0n) is 13.4. The fraction of sp³-hybridized carbons (Fsp3) is 0.211. The van der Waals surface area contributed by atoms with Gasteiger partial charge in [0.2, 0.25) is 0 Å². The fourth-order valence-corrected chi connectivity index (χ4v) is 2.39. The molecule has 1 aromatic carbocycles. The van der Waals surface area contributed by atoms with Gasteiger partial charge in [-0.25, -0.2) is 4.39 Å². The Hall–Kier alpha value is -3.36. The summed E-state index contributed by atoms with van der Waals surface area (Å²) >= 11 is 0. The number of aromatic nitrogens is 1. The Morgan fingerprint density at radius 2 is 2.00 bits per heavy atom. The highest BCUT2D eigenvalue weighted by atomic mass is 19.1. The predicted molar refractivity (Wildman–Crippen MR) is 86.9 cm³/mol. The van der Waals surface area contributed by atoms with Crippen LogP contribution in [0.5, 0.6) is 0 Å². The molecule has 2 aromatic rings. The van der Waals surface area contributed by atoms with E-state index >= 15 is 0 Å². The lowest BCUT2D eigenvalue weighted by atomic mass is 10.2. The van der Waals surface area contributed by atoms with Gasteiger partial charge in [0.1, 0.15) is 11.9 Å². The van der Waals surface area contributed by atoms with Gasteiger partial charge in [-0.05, 0) is 44.0 Å². The number of Topliss-reactive ketones (excluding diaryl/α,β-unsaturated/α-hetero) is 1. The van der Waals surface area contributed by atoms with E-state index in [1.165, 1.54) is 19.1 Å². The molecule has 0 aliphatic rings. The van der Waals surface area contributed by atoms with E-state index in [0.717, 1.165) is 0 Å². The Kier molecular flexibility index (Phi) is 5.15. The van der Waals surface area contributed by atoms with E-state index in [1.54, 1.807) is 29.7 Å². The Labute approximate surface area is 139 Å². The van der Waals surface area contributed by atoms with Gasteiger partial charge in [0, 0.05) is 29.8 Å². The van der Waals surface area contributed by atoms with E-state index in [4.69, 9.17) is 10.5 Å². The van der Waals surface area contributed by atoms with Gasteiger partial charge in [-0.3, -0.25) is 4.79 Å². The summed E-state index contributed by atoms with van der Waals surface area (Å²) in [6, 6.07) is 9.70. The average Bonchev–Trinajstić information content (AvgIpc) is 2.88. The van der Waals surface area contributed by atoms with Gasteiger partial charge < -0.3 is 4.57 Å². The Morgan fingerprint density at radius 3 is 2.58 bits per heavy atom. The number of hydrogen-bond donors (Lipinski definition) is 0. The van der Waals surface area contributed by atoms with Gasteiger partial charge in [0.05, 0.1) is 17.3 Å². The van der Waals surface area contributed by atoms with E-state index in [9.17, 15) is 9.18 Å². The number of rotatable bonds is 3. The van der Waals surface area contributed by atoms with E-state index < -0.39 is 5.82 Å². The smallest absolute Gasteiger partial charge is 0.161 e. The minimum Gasteiger partial charge on any atom is -0.306 e. The molecule has 0 N–H and O–H groups in total. The lowest BCUT2D eigenvalue weighted by Crippen LogP contribution is -2.02. The zero-order chi connectivity index (χ0) is 17.7. The van der Waals surface area contributed by atoms with E-state index in [0.29, 0.717) is 35.5 Å². The number of nitrogens with zero attached hydrogens (tertiary/aromatic N) is 3. The second-order valence-electron chi connectivity index (χ2n) is 5.16. The summed E-state index contributed by atoms with van der Waals surface area (Å²) in [5.41, 5.74) is 2.14. The summed E-state index contributed by atoms with van der Waals surface area (Å²) in [5, 5.41) is 17.4. The quantitative estimate of drug-likeness (QED) is 0.492. The third-order valence-corrected chi connectivity index (χ3v) is 3.54. The van der Waals surface area contributed by atoms with Gasteiger partial charge in [-0.15, -0.1) is 0 Å². The molecule has 0 aliphatic heterocycles. The summed E-state index contributed by atoms with van der Waals surface area (Å²) in [6.07, 6.45) is 0.732. The molecule has 0 bridgehead atoms. The van der Waals surface area contributed by atoms with Gasteiger partial charge in [0.15, 0.2) is 5.78 Å². The molecular weight excluding hydrogens is 305 g/mol. The van der Waals surface area contributed by atoms with Crippen molar-refractivity contribution in [3.8, 4) is 29.7 Å². The van der Waals surface area contributed by atoms with Crippen molar-refractivity contribution < 1.29 is 9.18 Å². The first-order valence-electron chi connectivity index (χ1n) is 7.28. The topological polar surface area (TPSA) is 69.6 Å². The van der Waals surface area contributed by atoms with Crippen LogP contribution < -0.4 is 0 Å². The van der Waals surface area contributed by atoms with E-state index in [1.807, 2.05) is 6.07 Å². The first kappa shape index (κ1) is 17.0. The van der Waals surface area contributed by atoms with Crippen LogP contribution in [0, 0.1) is 47.2 Å². The van der Waals surface area contributed by atoms with Crippen molar-refractivity contribution in [1.29, 1.82) is 10.5 Å². The molecule has 24 heavy (non-hydrogen) atoms. The van der Waals surface area contributed by atoms with Crippen molar-refractivity contribution >= 4 is 5.78 Å². The molecule has 1 heterocycles. The second kappa shape index (κ2) is 7.27. The van der Waals surface area contributed by atoms with Crippen LogP contribution >= 0.6 is 0 Å². The summed E-state index contributed by atoms with van der Waals surface area (Å²) in [5.74, 6) is 5.07. The van der Waals surface area contributed by atoms with Gasteiger partial charge in [-0.1, -0.05) is 5.92 Å². The molecule has 0 atom stereocenters. The third-order valence-electron chi connectivity index (χ3n) is 3.54. The SMILES string of the molecule is CC(=O)c1cc(C#CCCC#N)n(-c2ccc(C#N)c(F)c2)c1C. The summed E-state index contributed by atoms with van der Waals surface area (Å²) in [7, 11) is 0. The normalized spacial score (nSPS) is 9.54. The average molecular weight is 319 g/mol. The number of carbonyl (C=O) groups excluding carboxylic acids is 1. The second-order valence-corrected chi connectivity index (χ2v) is 5.16. The van der Waals surface area contributed by atoms with E-state index in [2.05, 4.69) is 11.8 Å². The Balaban J connectivity index is 2.60. The number of nitriles is 2. The van der Waals surface area contributed by atoms with Crippen molar-refractivity contribution in [3.63, 3.8) is 0 Å². The fourth-order valence-electron chi connectivity index (χ4n) is 2.39. The lowest BCUT2D eigenvalue weighted by Gasteiger charge is -2.09. The molecule has 1 aromatic heterocycles. The highest BCUT2D eigenvalue weighted by Crippen LogP contribution is 2.23. The van der Waals surface area contributed by atoms with Crippen molar-refractivity contribution in [3.05, 3.63) is 52.6 Å². The first-order chi connectivity index (χ1) is 11.5. The molecule has 0 saturated heterocycles. The minimum atomic E-state index is -0.629. The molecule has 0 aliphatic carbocycles. The summed E-state index contributed by atoms with van der Waals surface area (Å²) < 4.78 is 15.6. The first-order valence-corrected chi connectivity index (χ1v) is 7.28. The Morgan fingerprint density at radius 1 is 1.25 bits per heavy atom. The highest BCUT2D eigenvalue weighted by molar-refractivity contribution is 5.96. The number of benzene rings is 1. The van der Waals surface area contributed by atoms with Crippen molar-refractivity contribution in [2.75, 3.05) is 0 Å². The van der Waals surface area contributed by atoms with Crippen LogP contribution in [0.25, 0.3) is 5.69 Å². The Bertz CT molecular complexity index is 946. The monoisotopic (exact) mass is 319 g/mol. The number of hydrogen-bond acceptors (Lipinski definition) is 3. The summed E-state index contributed by atoms with van der Waals surface area (Å²) in [6.45, 7) is 3.21. The summed E-state index contributed by atoms with van der Waals surface area (Å²) in [4.78, 5) is 11.8. The molecule has 0 saturated carbocycles. The molecule has 0 spiro atoms. The molecule has 118 valence electrons. The highest BCUT2D eigenvalue weighted by Gasteiger charge is 2.16. The van der Waals surface area contributed by atoms with Crippen LogP contribution in [0.4, 0.5) is 4.39 Å². The van der Waals surface area contributed by atoms with Crippen LogP contribution in [0.3, 0.4) is 0 Å². The predicted octanol–water partition coefficient (Wildman–Crippen LogP) is 3.65. The van der Waals surface area contributed by atoms with Gasteiger partial charge in [0.25, 0.3) is 0 Å². The van der Waals surface area contributed by atoms with E-state index in [-0.39, 0.29) is 11.3 Å². The van der Waals surface area contributed by atoms with Crippen molar-refractivity contribution in [2.45, 2.75) is 26.7 Å². The molecule has 0 unspecified atom stereocenters. The van der Waals surface area contributed by atoms with Crippen LogP contribution in [0.15, 0.2) is 24.3 Å². The maximum atomic E-state index is 13.9.